The number of aryl methyl sites for hydroxylation is 1. The van der Waals surface area contributed by atoms with Crippen molar-refractivity contribution in [1.82, 2.24) is 25.1 Å². The van der Waals surface area contributed by atoms with Crippen LogP contribution in [0, 0.1) is 6.92 Å². The van der Waals surface area contributed by atoms with Crippen LogP contribution in [0.1, 0.15) is 37.8 Å². The zero-order valence-corrected chi connectivity index (χ0v) is 18.9. The third kappa shape index (κ3) is 4.88. The molecule has 0 bridgehead atoms. The van der Waals surface area contributed by atoms with E-state index >= 15 is 0 Å². The number of hydrogen-bond donors (Lipinski definition) is 1. The fraction of sp³-hybridized carbons (Fsp3) is 0.333. The number of para-hydroxylation sites is 1. The number of aromatic nitrogens is 4. The fourth-order valence-corrected chi connectivity index (χ4v) is 4.38. The maximum Gasteiger partial charge on any atom is 0.220 e. The second-order valence-electron chi connectivity index (χ2n) is 7.97. The number of carbonyl (C=O) groups excluding carboxylic acids is 1. The number of rotatable bonds is 8. The second-order valence-corrected chi connectivity index (χ2v) is 9.03. The molecule has 0 aliphatic rings. The van der Waals surface area contributed by atoms with Gasteiger partial charge in [-0.05, 0) is 44.4 Å². The Bertz CT molecular complexity index is 1220. The predicted octanol–water partition coefficient (Wildman–Crippen LogP) is 4.73. The van der Waals surface area contributed by atoms with Gasteiger partial charge in [0.25, 0.3) is 0 Å². The predicted molar refractivity (Wildman–Crippen MR) is 126 cm³/mol. The fourth-order valence-electron chi connectivity index (χ4n) is 3.66. The van der Waals surface area contributed by atoms with Gasteiger partial charge in [0.2, 0.25) is 11.1 Å². The molecule has 0 aliphatic heterocycles. The lowest BCUT2D eigenvalue weighted by molar-refractivity contribution is -0.121. The SMILES string of the molecule is Cc1ccccc1Cn1c2ccccc2c2nnc(SCCCC(=O)NC(C)C)nc21. The highest BCUT2D eigenvalue weighted by Gasteiger charge is 2.15. The molecule has 2 aromatic carbocycles. The van der Waals surface area contributed by atoms with Crippen molar-refractivity contribution in [2.75, 3.05) is 5.75 Å². The van der Waals surface area contributed by atoms with Crippen LogP contribution in [-0.4, -0.2) is 37.5 Å². The van der Waals surface area contributed by atoms with Gasteiger partial charge >= 0.3 is 0 Å². The van der Waals surface area contributed by atoms with Crippen molar-refractivity contribution in [3.63, 3.8) is 0 Å². The molecule has 6 nitrogen and oxygen atoms in total. The summed E-state index contributed by atoms with van der Waals surface area (Å²) < 4.78 is 2.22. The van der Waals surface area contributed by atoms with E-state index in [1.807, 2.05) is 26.0 Å². The van der Waals surface area contributed by atoms with Crippen LogP contribution in [0.15, 0.2) is 53.7 Å². The molecule has 2 aromatic heterocycles. The van der Waals surface area contributed by atoms with E-state index in [-0.39, 0.29) is 11.9 Å². The van der Waals surface area contributed by atoms with Gasteiger partial charge in [-0.15, -0.1) is 10.2 Å². The minimum Gasteiger partial charge on any atom is -0.354 e. The van der Waals surface area contributed by atoms with Crippen molar-refractivity contribution in [1.29, 1.82) is 0 Å². The van der Waals surface area contributed by atoms with Gasteiger partial charge in [-0.3, -0.25) is 4.79 Å². The number of nitrogens with zero attached hydrogens (tertiary/aromatic N) is 4. The summed E-state index contributed by atoms with van der Waals surface area (Å²) in [5.74, 6) is 0.861. The van der Waals surface area contributed by atoms with Crippen molar-refractivity contribution >= 4 is 39.7 Å². The van der Waals surface area contributed by atoms with Gasteiger partial charge in [-0.25, -0.2) is 4.98 Å². The Kier molecular flexibility index (Phi) is 6.51. The van der Waals surface area contributed by atoms with Gasteiger partial charge in [-0.1, -0.05) is 54.2 Å². The third-order valence-electron chi connectivity index (χ3n) is 5.17. The summed E-state index contributed by atoms with van der Waals surface area (Å²) in [6.07, 6.45) is 1.28. The summed E-state index contributed by atoms with van der Waals surface area (Å²) in [5, 5.41) is 13.5. The van der Waals surface area contributed by atoms with Gasteiger partial charge in [0.15, 0.2) is 5.65 Å². The molecule has 0 radical (unpaired) electrons. The summed E-state index contributed by atoms with van der Waals surface area (Å²) in [7, 11) is 0. The quantitative estimate of drug-likeness (QED) is 0.321. The number of amides is 1. The van der Waals surface area contributed by atoms with Crippen LogP contribution in [0.25, 0.3) is 22.1 Å². The van der Waals surface area contributed by atoms with Crippen molar-refractivity contribution in [3.05, 3.63) is 59.7 Å². The van der Waals surface area contributed by atoms with Crippen LogP contribution in [0.2, 0.25) is 0 Å². The molecular formula is C24H27N5OS. The molecule has 0 saturated heterocycles. The zero-order chi connectivity index (χ0) is 21.8. The van der Waals surface area contributed by atoms with Gasteiger partial charge in [0.1, 0.15) is 5.52 Å². The van der Waals surface area contributed by atoms with Crippen LogP contribution in [0.5, 0.6) is 0 Å². The minimum absolute atomic E-state index is 0.0865. The van der Waals surface area contributed by atoms with Gasteiger partial charge < -0.3 is 9.88 Å². The van der Waals surface area contributed by atoms with Crippen molar-refractivity contribution < 1.29 is 4.79 Å². The summed E-state index contributed by atoms with van der Waals surface area (Å²) in [6.45, 7) is 6.80. The molecule has 7 heteroatoms. The molecule has 0 saturated carbocycles. The lowest BCUT2D eigenvalue weighted by Gasteiger charge is -2.10. The van der Waals surface area contributed by atoms with E-state index < -0.39 is 0 Å². The number of thioether (sulfide) groups is 1. The number of carbonyl (C=O) groups is 1. The molecule has 0 aliphatic carbocycles. The van der Waals surface area contributed by atoms with E-state index in [9.17, 15) is 4.79 Å². The Labute approximate surface area is 186 Å². The Morgan fingerprint density at radius 2 is 1.87 bits per heavy atom. The minimum atomic E-state index is 0.0865. The van der Waals surface area contributed by atoms with Crippen LogP contribution < -0.4 is 5.32 Å². The highest BCUT2D eigenvalue weighted by molar-refractivity contribution is 7.99. The molecular weight excluding hydrogens is 406 g/mol. The Morgan fingerprint density at radius 3 is 2.68 bits per heavy atom. The Balaban J connectivity index is 1.59. The van der Waals surface area contributed by atoms with E-state index in [0.29, 0.717) is 11.6 Å². The van der Waals surface area contributed by atoms with E-state index in [1.54, 1.807) is 11.8 Å². The molecule has 0 fully saturated rings. The smallest absolute Gasteiger partial charge is 0.220 e. The number of benzene rings is 2. The lowest BCUT2D eigenvalue weighted by atomic mass is 10.1. The van der Waals surface area contributed by atoms with Crippen LogP contribution in [0.3, 0.4) is 0 Å². The normalized spacial score (nSPS) is 11.5. The molecule has 160 valence electrons. The molecule has 4 aromatic rings. The molecule has 2 heterocycles. The monoisotopic (exact) mass is 433 g/mol. The molecule has 1 amide bonds. The molecule has 1 N–H and O–H groups in total. The molecule has 0 spiro atoms. The first-order valence-electron chi connectivity index (χ1n) is 10.6. The van der Waals surface area contributed by atoms with Gasteiger partial charge in [0, 0.05) is 30.1 Å². The summed E-state index contributed by atoms with van der Waals surface area (Å²) in [6, 6.07) is 16.8. The number of nitrogens with one attached hydrogen (secondary N) is 1. The maximum atomic E-state index is 11.8. The first-order valence-corrected chi connectivity index (χ1v) is 11.6. The second kappa shape index (κ2) is 9.47. The summed E-state index contributed by atoms with van der Waals surface area (Å²) in [4.78, 5) is 16.7. The van der Waals surface area contributed by atoms with Crippen molar-refractivity contribution in [2.45, 2.75) is 51.4 Å². The van der Waals surface area contributed by atoms with Crippen molar-refractivity contribution in [3.8, 4) is 0 Å². The van der Waals surface area contributed by atoms with E-state index in [4.69, 9.17) is 4.98 Å². The number of fused-ring (bicyclic) bond motifs is 3. The standard InChI is InChI=1S/C24H27N5OS/c1-16(2)25-21(30)13-8-14-31-24-26-23-22(27-28-24)19-11-6-7-12-20(19)29(23)15-18-10-5-4-9-17(18)3/h4-7,9-12,16H,8,13-15H2,1-3H3,(H,25,30). The first-order chi connectivity index (χ1) is 15.0. The van der Waals surface area contributed by atoms with E-state index in [1.165, 1.54) is 11.1 Å². The molecule has 0 unspecified atom stereocenters. The first kappa shape index (κ1) is 21.3. The summed E-state index contributed by atoms with van der Waals surface area (Å²) in [5.41, 5.74) is 5.29. The average Bonchev–Trinajstić information content (AvgIpc) is 3.05. The molecule has 4 rings (SSSR count). The van der Waals surface area contributed by atoms with Crippen LogP contribution in [-0.2, 0) is 11.3 Å². The summed E-state index contributed by atoms with van der Waals surface area (Å²) >= 11 is 1.55. The van der Waals surface area contributed by atoms with E-state index in [0.717, 1.165) is 40.8 Å². The highest BCUT2D eigenvalue weighted by Crippen LogP contribution is 2.28. The zero-order valence-electron chi connectivity index (χ0n) is 18.1. The van der Waals surface area contributed by atoms with Gasteiger partial charge in [0.05, 0.1) is 5.52 Å². The Morgan fingerprint density at radius 1 is 1.10 bits per heavy atom. The lowest BCUT2D eigenvalue weighted by Crippen LogP contribution is -2.29. The molecule has 31 heavy (non-hydrogen) atoms. The highest BCUT2D eigenvalue weighted by atomic mass is 32.2. The van der Waals surface area contributed by atoms with Crippen LogP contribution in [0.4, 0.5) is 0 Å². The van der Waals surface area contributed by atoms with Crippen LogP contribution >= 0.6 is 11.8 Å². The molecule has 0 atom stereocenters. The largest absolute Gasteiger partial charge is 0.354 e. The maximum absolute atomic E-state index is 11.8. The van der Waals surface area contributed by atoms with E-state index in [2.05, 4.69) is 63.4 Å². The Hall–Kier alpha value is -2.93. The number of hydrogen-bond acceptors (Lipinski definition) is 5. The van der Waals surface area contributed by atoms with Crippen molar-refractivity contribution in [2.24, 2.45) is 0 Å². The topological polar surface area (TPSA) is 72.7 Å². The third-order valence-corrected chi connectivity index (χ3v) is 6.10. The average molecular weight is 434 g/mol. The van der Waals surface area contributed by atoms with Gasteiger partial charge in [-0.2, -0.15) is 0 Å².